The maximum atomic E-state index is 5.97. The van der Waals surface area contributed by atoms with Crippen molar-refractivity contribution in [3.05, 3.63) is 0 Å². The van der Waals surface area contributed by atoms with Crippen LogP contribution in [0.25, 0.3) is 0 Å². The topological polar surface area (TPSA) is 6.48 Å². The summed E-state index contributed by atoms with van der Waals surface area (Å²) in [7, 11) is 7.02. The van der Waals surface area contributed by atoms with Crippen LogP contribution in [0.2, 0.25) is 0 Å². The molecule has 0 saturated heterocycles. The fourth-order valence-electron chi connectivity index (χ4n) is 0.358. The van der Waals surface area contributed by atoms with Crippen molar-refractivity contribution in [3.63, 3.8) is 0 Å². The first-order valence-corrected chi connectivity index (χ1v) is 7.55. The summed E-state index contributed by atoms with van der Waals surface area (Å²) >= 11 is 17.9. The Hall–Kier alpha value is 1.22. The summed E-state index contributed by atoms with van der Waals surface area (Å²) in [6, 6.07) is 0. The number of hydrogen-bond acceptors (Lipinski definition) is 2. The van der Waals surface area contributed by atoms with E-state index in [1.807, 2.05) is 0 Å². The van der Waals surface area contributed by atoms with Crippen molar-refractivity contribution < 1.29 is 0 Å². The van der Waals surface area contributed by atoms with Crippen LogP contribution in [0.4, 0.5) is 0 Å². The van der Waals surface area contributed by atoms with Gasteiger partial charge in [-0.1, -0.05) is 0 Å². The first-order chi connectivity index (χ1) is 4.17. The van der Waals surface area contributed by atoms with E-state index < -0.39 is 4.96 Å². The van der Waals surface area contributed by atoms with Crippen LogP contribution in [0, 0.1) is 0 Å². The van der Waals surface area contributed by atoms with Gasteiger partial charge < -0.3 is 0 Å². The predicted octanol–water partition coefficient (Wildman–Crippen LogP) is 2.95. The molecule has 64 valence electrons. The number of halogens is 3. The zero-order chi connectivity index (χ0) is 8.60. The van der Waals surface area contributed by atoms with Crippen LogP contribution in [0.3, 0.4) is 0 Å². The van der Waals surface area contributed by atoms with Gasteiger partial charge in [-0.25, -0.2) is 0 Å². The summed E-state index contributed by atoms with van der Waals surface area (Å²) in [6.45, 7) is 0. The van der Waals surface area contributed by atoms with Gasteiger partial charge in [-0.2, -0.15) is 0 Å². The van der Waals surface area contributed by atoms with Crippen molar-refractivity contribution in [1.29, 1.82) is 0 Å². The molecule has 0 fully saturated rings. The van der Waals surface area contributed by atoms with Crippen LogP contribution in [-0.2, 0) is 0 Å². The number of nitrogens with zero attached hydrogens (tertiary/aromatic N) is 2. The van der Waals surface area contributed by atoms with Gasteiger partial charge in [0.25, 0.3) is 0 Å². The molecule has 0 aromatic carbocycles. The molecule has 0 atom stereocenters. The van der Waals surface area contributed by atoms with Crippen molar-refractivity contribution in [2.24, 2.45) is 0 Å². The molecule has 0 heterocycles. The van der Waals surface area contributed by atoms with E-state index in [1.54, 1.807) is 37.5 Å². The van der Waals surface area contributed by atoms with Crippen molar-refractivity contribution in [3.8, 4) is 0 Å². The molecule has 0 bridgehead atoms. The first-order valence-electron chi connectivity index (χ1n) is 2.70. The molecular weight excluding hydrogens is 213 g/mol. The Morgan fingerprint density at radius 2 is 1.00 bits per heavy atom. The summed E-state index contributed by atoms with van der Waals surface area (Å²) in [4.78, 5) is -3.24. The van der Waals surface area contributed by atoms with Gasteiger partial charge in [0.2, 0.25) is 0 Å². The zero-order valence-electron chi connectivity index (χ0n) is 6.48. The monoisotopic (exact) mass is 224 g/mol. The number of rotatable bonds is 2. The SMILES string of the molecule is CN(C)P(Cl)(Cl)(Cl)N(C)C. The average molecular weight is 225 g/mol. The van der Waals surface area contributed by atoms with E-state index in [4.69, 9.17) is 33.7 Å². The Bertz CT molecular complexity index is 116. The summed E-state index contributed by atoms with van der Waals surface area (Å²) < 4.78 is 3.27. The third-order valence-electron chi connectivity index (χ3n) is 1.26. The van der Waals surface area contributed by atoms with Crippen LogP contribution >= 0.6 is 38.7 Å². The van der Waals surface area contributed by atoms with Gasteiger partial charge in [-0.3, -0.25) is 0 Å². The second-order valence-corrected chi connectivity index (χ2v) is 12.8. The molecule has 0 aliphatic carbocycles. The third-order valence-corrected chi connectivity index (χ3v) is 9.24. The van der Waals surface area contributed by atoms with Crippen molar-refractivity contribution in [2.45, 2.75) is 0 Å². The van der Waals surface area contributed by atoms with E-state index in [0.717, 1.165) is 0 Å². The van der Waals surface area contributed by atoms with E-state index in [-0.39, 0.29) is 0 Å². The van der Waals surface area contributed by atoms with Crippen molar-refractivity contribution >= 4 is 38.7 Å². The van der Waals surface area contributed by atoms with Gasteiger partial charge >= 0.3 is 76.2 Å². The number of hydrogen-bond donors (Lipinski definition) is 0. The Labute approximate surface area is 76.4 Å². The van der Waals surface area contributed by atoms with Crippen LogP contribution in [0.5, 0.6) is 0 Å². The first kappa shape index (κ1) is 11.2. The molecule has 0 saturated carbocycles. The molecule has 0 aromatic heterocycles. The van der Waals surface area contributed by atoms with E-state index in [0.29, 0.717) is 0 Å². The average Bonchev–Trinajstić information content (AvgIpc) is 1.63. The normalized spacial score (nSPS) is 17.5. The Kier molecular flexibility index (Phi) is 3.29. The molecule has 10 heavy (non-hydrogen) atoms. The molecule has 0 spiro atoms. The van der Waals surface area contributed by atoms with E-state index in [1.165, 1.54) is 0 Å². The van der Waals surface area contributed by atoms with E-state index in [9.17, 15) is 0 Å². The van der Waals surface area contributed by atoms with Gasteiger partial charge in [0, 0.05) is 0 Å². The summed E-state index contributed by atoms with van der Waals surface area (Å²) in [5.74, 6) is 0. The van der Waals surface area contributed by atoms with Gasteiger partial charge in [-0.05, 0) is 0 Å². The molecule has 0 unspecified atom stereocenters. The molecule has 0 aromatic rings. The predicted molar refractivity (Wildman–Crippen MR) is 51.9 cm³/mol. The fourth-order valence-corrected chi connectivity index (χ4v) is 1.07. The van der Waals surface area contributed by atoms with Crippen LogP contribution < -0.4 is 0 Å². The molecule has 0 rings (SSSR count). The standard InChI is InChI=1S/C4H12Cl3N2P/c1-8(2)10(5,6,7)9(3)4/h1-4H3. The molecule has 0 aliphatic heterocycles. The molecule has 6 heteroatoms. The van der Waals surface area contributed by atoms with Crippen molar-refractivity contribution in [1.82, 2.24) is 9.34 Å². The quantitative estimate of drug-likeness (QED) is 0.667. The van der Waals surface area contributed by atoms with E-state index in [2.05, 4.69) is 0 Å². The second-order valence-electron chi connectivity index (χ2n) is 2.43. The minimum atomic E-state index is -3.24. The molecule has 2 nitrogen and oxygen atoms in total. The van der Waals surface area contributed by atoms with Crippen LogP contribution in [0.1, 0.15) is 0 Å². The molecular formula is C4H12Cl3N2P. The molecule has 0 radical (unpaired) electrons. The summed E-state index contributed by atoms with van der Waals surface area (Å²) in [5, 5.41) is 0. The van der Waals surface area contributed by atoms with Crippen LogP contribution in [-0.4, -0.2) is 37.5 Å². The maximum absolute atomic E-state index is 5.97. The van der Waals surface area contributed by atoms with Gasteiger partial charge in [0.05, 0.1) is 0 Å². The Balaban J connectivity index is 4.59. The Morgan fingerprint density at radius 3 is 1.00 bits per heavy atom. The molecule has 0 amide bonds. The summed E-state index contributed by atoms with van der Waals surface area (Å²) in [5.41, 5.74) is 0. The van der Waals surface area contributed by atoms with E-state index >= 15 is 0 Å². The third kappa shape index (κ3) is 2.10. The zero-order valence-corrected chi connectivity index (χ0v) is 9.64. The molecule has 0 N–H and O–H groups in total. The summed E-state index contributed by atoms with van der Waals surface area (Å²) in [6.07, 6.45) is 0. The fraction of sp³-hybridized carbons (Fsp3) is 1.00. The van der Waals surface area contributed by atoms with Gasteiger partial charge in [-0.15, -0.1) is 0 Å². The Morgan fingerprint density at radius 1 is 0.800 bits per heavy atom. The minimum absolute atomic E-state index is 1.64. The molecule has 0 aliphatic rings. The second kappa shape index (κ2) is 2.93. The van der Waals surface area contributed by atoms with Gasteiger partial charge in [0.15, 0.2) is 0 Å². The van der Waals surface area contributed by atoms with Crippen LogP contribution in [0.15, 0.2) is 0 Å². The van der Waals surface area contributed by atoms with Crippen molar-refractivity contribution in [2.75, 3.05) is 28.2 Å². The van der Waals surface area contributed by atoms with Gasteiger partial charge in [0.1, 0.15) is 0 Å².